The van der Waals surface area contributed by atoms with Crippen molar-refractivity contribution in [1.29, 1.82) is 0 Å². The zero-order valence-corrected chi connectivity index (χ0v) is 34.6. The zero-order chi connectivity index (χ0) is 41.8. The molecular formula is C62H46. The second-order valence-electron chi connectivity index (χ2n) is 15.4. The zero-order valence-electron chi connectivity index (χ0n) is 34.6. The lowest BCUT2D eigenvalue weighted by atomic mass is 9.95. The van der Waals surface area contributed by atoms with E-state index in [4.69, 9.17) is 0 Å². The maximum absolute atomic E-state index is 2.28. The van der Waals surface area contributed by atoms with E-state index in [0.717, 1.165) is 11.1 Å². The van der Waals surface area contributed by atoms with Crippen LogP contribution in [-0.4, -0.2) is 0 Å². The summed E-state index contributed by atoms with van der Waals surface area (Å²) in [5.74, 6) is 0. The third-order valence-corrected chi connectivity index (χ3v) is 11.2. The van der Waals surface area contributed by atoms with Gasteiger partial charge in [0.1, 0.15) is 0 Å². The molecule has 0 spiro atoms. The van der Waals surface area contributed by atoms with Gasteiger partial charge in [-0.25, -0.2) is 0 Å². The number of hydrogen-bond acceptors (Lipinski definition) is 0. The first-order valence-corrected chi connectivity index (χ1v) is 21.2. The average molecular weight is 791 g/mol. The van der Waals surface area contributed by atoms with Crippen LogP contribution in [-0.2, 0) is 0 Å². The molecule has 294 valence electrons. The molecule has 0 saturated carbocycles. The summed E-state index contributed by atoms with van der Waals surface area (Å²) in [5, 5.41) is 0. The van der Waals surface area contributed by atoms with E-state index < -0.39 is 0 Å². The monoisotopic (exact) mass is 790 g/mol. The van der Waals surface area contributed by atoms with Crippen LogP contribution in [0.1, 0.15) is 55.6 Å². The molecule has 0 aliphatic heterocycles. The Morgan fingerprint density at radius 1 is 0.210 bits per heavy atom. The maximum atomic E-state index is 2.28. The Labute approximate surface area is 366 Å². The van der Waals surface area contributed by atoms with Gasteiger partial charge >= 0.3 is 0 Å². The van der Waals surface area contributed by atoms with Gasteiger partial charge in [-0.2, -0.15) is 0 Å². The highest BCUT2D eigenvalue weighted by Crippen LogP contribution is 2.30. The summed E-state index contributed by atoms with van der Waals surface area (Å²) in [5.41, 5.74) is 19.1. The minimum atomic E-state index is 1.16. The predicted octanol–water partition coefficient (Wildman–Crippen LogP) is 16.5. The van der Waals surface area contributed by atoms with Gasteiger partial charge in [-0.3, -0.25) is 0 Å². The fourth-order valence-electron chi connectivity index (χ4n) is 7.77. The molecule has 62 heavy (non-hydrogen) atoms. The van der Waals surface area contributed by atoms with E-state index in [9.17, 15) is 0 Å². The summed E-state index contributed by atoms with van der Waals surface area (Å²) in [6.07, 6.45) is 13.4. The van der Waals surface area contributed by atoms with Crippen LogP contribution in [0.25, 0.3) is 69.9 Å². The first kappa shape index (κ1) is 39.4. The fourth-order valence-corrected chi connectivity index (χ4v) is 7.77. The second kappa shape index (κ2) is 19.3. The summed E-state index contributed by atoms with van der Waals surface area (Å²) in [6, 6.07) is 86.2. The van der Waals surface area contributed by atoms with Crippen molar-refractivity contribution in [1.82, 2.24) is 0 Å². The Morgan fingerprint density at radius 2 is 0.452 bits per heavy atom. The standard InChI is InChI=1S/C62H46/c1-5-17-57(18-6-1)61(58-19-7-2-8-20-58)45-49-31-41-55(42-32-49)53-37-27-47(28-38-53)25-35-51-15-13-14-16-52(51)36-26-48-29-39-54(40-30-48)56-43-33-50(34-44-56)46-62(59-21-9-3-10-22-59)60-23-11-4-12-24-60/h1-46H. The minimum absolute atomic E-state index is 1.16. The van der Waals surface area contributed by atoms with Crippen LogP contribution in [0.4, 0.5) is 0 Å². The molecule has 0 fully saturated rings. The molecule has 0 heterocycles. The highest BCUT2D eigenvalue weighted by atomic mass is 14.1. The number of benzene rings is 9. The smallest absolute Gasteiger partial charge is 0.0105 e. The van der Waals surface area contributed by atoms with Crippen molar-refractivity contribution >= 4 is 47.6 Å². The molecule has 0 aromatic heterocycles. The Bertz CT molecular complexity index is 2660. The molecular weight excluding hydrogens is 745 g/mol. The van der Waals surface area contributed by atoms with Crippen LogP contribution in [0.2, 0.25) is 0 Å². The summed E-state index contributed by atoms with van der Waals surface area (Å²) in [6.45, 7) is 0. The summed E-state index contributed by atoms with van der Waals surface area (Å²) < 4.78 is 0. The van der Waals surface area contributed by atoms with Gasteiger partial charge in [0.2, 0.25) is 0 Å². The van der Waals surface area contributed by atoms with Gasteiger partial charge in [-0.05, 0) is 101 Å². The molecule has 0 nitrogen and oxygen atoms in total. The first-order chi connectivity index (χ1) is 30.7. The molecule has 0 radical (unpaired) electrons. The minimum Gasteiger partial charge on any atom is -0.0622 e. The van der Waals surface area contributed by atoms with Gasteiger partial charge in [0.15, 0.2) is 0 Å². The molecule has 0 amide bonds. The van der Waals surface area contributed by atoms with Gasteiger partial charge in [0, 0.05) is 0 Å². The van der Waals surface area contributed by atoms with Gasteiger partial charge in [0.05, 0.1) is 0 Å². The Morgan fingerprint density at radius 3 is 0.726 bits per heavy atom. The summed E-state index contributed by atoms with van der Waals surface area (Å²) in [7, 11) is 0. The topological polar surface area (TPSA) is 0 Å². The maximum Gasteiger partial charge on any atom is -0.0105 e. The lowest BCUT2D eigenvalue weighted by Crippen LogP contribution is -1.88. The molecule has 0 aliphatic carbocycles. The van der Waals surface area contributed by atoms with Crippen LogP contribution in [0.15, 0.2) is 243 Å². The van der Waals surface area contributed by atoms with Crippen LogP contribution in [0.3, 0.4) is 0 Å². The van der Waals surface area contributed by atoms with E-state index in [-0.39, 0.29) is 0 Å². The number of hydrogen-bond donors (Lipinski definition) is 0. The number of rotatable bonds is 12. The van der Waals surface area contributed by atoms with Crippen molar-refractivity contribution in [2.45, 2.75) is 0 Å². The molecule has 0 N–H and O–H groups in total. The molecule has 9 rings (SSSR count). The quantitative estimate of drug-likeness (QED) is 0.108. The SMILES string of the molecule is C(=Cc1ccccc1C=Cc1ccc(-c2ccc(C=C(c3ccccc3)c3ccccc3)cc2)cc1)c1ccc(-c2ccc(C=C(c3ccccc3)c3ccccc3)cc2)cc1. The van der Waals surface area contributed by atoms with Crippen LogP contribution < -0.4 is 0 Å². The molecule has 9 aromatic carbocycles. The summed E-state index contributed by atoms with van der Waals surface area (Å²) in [4.78, 5) is 0. The van der Waals surface area contributed by atoms with Crippen molar-refractivity contribution < 1.29 is 0 Å². The van der Waals surface area contributed by atoms with Gasteiger partial charge < -0.3 is 0 Å². The van der Waals surface area contributed by atoms with Crippen LogP contribution >= 0.6 is 0 Å². The molecule has 0 heteroatoms. The average Bonchev–Trinajstić information content (AvgIpc) is 3.35. The van der Waals surface area contributed by atoms with Crippen molar-refractivity contribution in [2.24, 2.45) is 0 Å². The molecule has 0 unspecified atom stereocenters. The third-order valence-electron chi connectivity index (χ3n) is 11.2. The lowest BCUT2D eigenvalue weighted by Gasteiger charge is -2.09. The van der Waals surface area contributed by atoms with Crippen LogP contribution in [0, 0.1) is 0 Å². The molecule has 9 aromatic rings. The largest absolute Gasteiger partial charge is 0.0622 e. The highest BCUT2D eigenvalue weighted by Gasteiger charge is 2.08. The fraction of sp³-hybridized carbons (Fsp3) is 0. The van der Waals surface area contributed by atoms with E-state index in [1.807, 2.05) is 0 Å². The van der Waals surface area contributed by atoms with Crippen molar-refractivity contribution in [3.05, 3.63) is 298 Å². The Hall–Kier alpha value is -8.06. The van der Waals surface area contributed by atoms with E-state index >= 15 is 0 Å². The van der Waals surface area contributed by atoms with Crippen molar-refractivity contribution in [3.8, 4) is 22.3 Å². The Kier molecular flexibility index (Phi) is 12.3. The summed E-state index contributed by atoms with van der Waals surface area (Å²) >= 11 is 0. The highest BCUT2D eigenvalue weighted by molar-refractivity contribution is 5.93. The van der Waals surface area contributed by atoms with E-state index in [2.05, 4.69) is 279 Å². The van der Waals surface area contributed by atoms with Crippen molar-refractivity contribution in [2.75, 3.05) is 0 Å². The van der Waals surface area contributed by atoms with Crippen molar-refractivity contribution in [3.63, 3.8) is 0 Å². The van der Waals surface area contributed by atoms with E-state index in [1.165, 1.54) is 77.9 Å². The first-order valence-electron chi connectivity index (χ1n) is 21.2. The second-order valence-corrected chi connectivity index (χ2v) is 15.4. The predicted molar refractivity (Wildman–Crippen MR) is 268 cm³/mol. The molecule has 0 saturated heterocycles. The van der Waals surface area contributed by atoms with E-state index in [1.54, 1.807) is 0 Å². The third kappa shape index (κ3) is 9.86. The Balaban J connectivity index is 0.849. The van der Waals surface area contributed by atoms with E-state index in [0.29, 0.717) is 0 Å². The lowest BCUT2D eigenvalue weighted by molar-refractivity contribution is 1.55. The molecule has 0 bridgehead atoms. The van der Waals surface area contributed by atoms with Crippen LogP contribution in [0.5, 0.6) is 0 Å². The molecule has 0 aliphatic rings. The van der Waals surface area contributed by atoms with Gasteiger partial charge in [-0.15, -0.1) is 0 Å². The molecule has 0 atom stereocenters. The van der Waals surface area contributed by atoms with Gasteiger partial charge in [0.25, 0.3) is 0 Å². The van der Waals surface area contributed by atoms with Gasteiger partial charge in [-0.1, -0.05) is 267 Å². The normalized spacial score (nSPS) is 11.1.